The van der Waals surface area contributed by atoms with Gasteiger partial charge in [-0.05, 0) is 25.5 Å². The summed E-state index contributed by atoms with van der Waals surface area (Å²) in [7, 11) is 0. The Kier molecular flexibility index (Phi) is 4.92. The van der Waals surface area contributed by atoms with Crippen LogP contribution in [0.25, 0.3) is 0 Å². The average molecular weight is 291 g/mol. The second-order valence-electron chi connectivity index (χ2n) is 6.29. The van der Waals surface area contributed by atoms with E-state index >= 15 is 0 Å². The van der Waals surface area contributed by atoms with Crippen LogP contribution in [0.4, 0.5) is 0 Å². The Balaban J connectivity index is 1.91. The maximum atomic E-state index is 9.87. The zero-order valence-corrected chi connectivity index (χ0v) is 12.8. The van der Waals surface area contributed by atoms with Gasteiger partial charge >= 0.3 is 0 Å². The van der Waals surface area contributed by atoms with Gasteiger partial charge < -0.3 is 10.8 Å². The summed E-state index contributed by atoms with van der Waals surface area (Å²) >= 11 is 0. The second-order valence-corrected chi connectivity index (χ2v) is 6.29. The van der Waals surface area contributed by atoms with E-state index in [1.165, 1.54) is 0 Å². The molecule has 2 heterocycles. The van der Waals surface area contributed by atoms with E-state index in [0.29, 0.717) is 12.2 Å². The molecule has 4 N–H and O–H groups in total. The van der Waals surface area contributed by atoms with Crippen LogP contribution in [0.1, 0.15) is 25.1 Å². The molecular weight excluding hydrogens is 266 g/mol. The summed E-state index contributed by atoms with van der Waals surface area (Å²) in [5.74, 6) is 0.0197. The summed E-state index contributed by atoms with van der Waals surface area (Å²) in [4.78, 5) is 8.81. The third-order valence-electron chi connectivity index (χ3n) is 3.62. The van der Waals surface area contributed by atoms with Gasteiger partial charge in [0.15, 0.2) is 0 Å². The highest BCUT2D eigenvalue weighted by Gasteiger charge is 2.23. The molecule has 1 aliphatic heterocycles. The van der Waals surface area contributed by atoms with Gasteiger partial charge in [-0.2, -0.15) is 0 Å². The molecule has 0 unspecified atom stereocenters. The SMILES string of the molecule is CC(C)(O)CN1CCN(Cc2cccnc2C(=N)N)CC1. The average Bonchev–Trinajstić information content (AvgIpc) is 2.40. The van der Waals surface area contributed by atoms with Crippen LogP contribution >= 0.6 is 0 Å². The highest BCUT2D eigenvalue weighted by atomic mass is 16.3. The standard InChI is InChI=1S/C15H25N5O/c1-15(2,21)11-20-8-6-19(7-9-20)10-12-4-3-5-18-13(12)14(16)17/h3-5,21H,6-11H2,1-2H3,(H3,16,17). The number of aliphatic hydroxyl groups is 1. The summed E-state index contributed by atoms with van der Waals surface area (Å²) in [6.45, 7) is 8.93. The number of aromatic nitrogens is 1. The van der Waals surface area contributed by atoms with Gasteiger partial charge in [0.25, 0.3) is 0 Å². The molecule has 0 amide bonds. The lowest BCUT2D eigenvalue weighted by atomic mass is 10.1. The van der Waals surface area contributed by atoms with Gasteiger partial charge in [0, 0.05) is 45.5 Å². The van der Waals surface area contributed by atoms with Crippen LogP contribution in [0.15, 0.2) is 18.3 Å². The van der Waals surface area contributed by atoms with Gasteiger partial charge in [0.2, 0.25) is 0 Å². The first-order valence-corrected chi connectivity index (χ1v) is 7.30. The van der Waals surface area contributed by atoms with Crippen LogP contribution in [0.3, 0.4) is 0 Å². The monoisotopic (exact) mass is 291 g/mol. The number of pyridine rings is 1. The van der Waals surface area contributed by atoms with E-state index in [9.17, 15) is 5.11 Å². The quantitative estimate of drug-likeness (QED) is 0.535. The number of nitrogens with one attached hydrogen (secondary N) is 1. The van der Waals surface area contributed by atoms with Crippen molar-refractivity contribution in [3.63, 3.8) is 0 Å². The fourth-order valence-corrected chi connectivity index (χ4v) is 2.70. The summed E-state index contributed by atoms with van der Waals surface area (Å²) in [6, 6.07) is 3.86. The van der Waals surface area contributed by atoms with Crippen LogP contribution in [-0.4, -0.2) is 64.1 Å². The molecule has 1 fully saturated rings. The Hall–Kier alpha value is -1.50. The summed E-state index contributed by atoms with van der Waals surface area (Å²) in [5.41, 5.74) is 6.51. The number of amidine groups is 1. The summed E-state index contributed by atoms with van der Waals surface area (Å²) < 4.78 is 0. The third-order valence-corrected chi connectivity index (χ3v) is 3.62. The number of β-amino-alcohol motifs (C(OH)–C–C–N with tert-alkyl or cyclic N) is 1. The predicted octanol–water partition coefficient (Wildman–Crippen LogP) is 0.254. The molecule has 0 aliphatic carbocycles. The van der Waals surface area contributed by atoms with Gasteiger partial charge in [0.1, 0.15) is 11.5 Å². The molecule has 1 aliphatic rings. The van der Waals surface area contributed by atoms with Crippen LogP contribution in [0.2, 0.25) is 0 Å². The lowest BCUT2D eigenvalue weighted by Crippen LogP contribution is -2.50. The van der Waals surface area contributed by atoms with Gasteiger partial charge in [-0.3, -0.25) is 20.2 Å². The van der Waals surface area contributed by atoms with Crippen molar-refractivity contribution in [2.75, 3.05) is 32.7 Å². The third kappa shape index (κ3) is 4.77. The zero-order chi connectivity index (χ0) is 15.5. The van der Waals surface area contributed by atoms with Crippen LogP contribution in [0.5, 0.6) is 0 Å². The normalized spacial score (nSPS) is 17.9. The number of hydrogen-bond donors (Lipinski definition) is 3. The molecule has 1 aromatic heterocycles. The predicted molar refractivity (Wildman–Crippen MR) is 83.3 cm³/mol. The first-order chi connectivity index (χ1) is 9.85. The van der Waals surface area contributed by atoms with Crippen molar-refractivity contribution in [1.29, 1.82) is 5.41 Å². The molecule has 0 radical (unpaired) electrons. The highest BCUT2D eigenvalue weighted by molar-refractivity contribution is 5.94. The van der Waals surface area contributed by atoms with E-state index in [0.717, 1.165) is 38.3 Å². The number of piperazine rings is 1. The maximum Gasteiger partial charge on any atom is 0.142 e. The number of hydrogen-bond acceptors (Lipinski definition) is 5. The van der Waals surface area contributed by atoms with E-state index in [-0.39, 0.29) is 5.84 Å². The van der Waals surface area contributed by atoms with Gasteiger partial charge in [-0.1, -0.05) is 6.07 Å². The zero-order valence-electron chi connectivity index (χ0n) is 12.8. The molecular formula is C15H25N5O. The molecule has 0 spiro atoms. The van der Waals surface area contributed by atoms with Crippen molar-refractivity contribution < 1.29 is 5.11 Å². The highest BCUT2D eigenvalue weighted by Crippen LogP contribution is 2.13. The first-order valence-electron chi connectivity index (χ1n) is 7.30. The van der Waals surface area contributed by atoms with E-state index in [4.69, 9.17) is 11.1 Å². The van der Waals surface area contributed by atoms with Crippen LogP contribution < -0.4 is 5.73 Å². The minimum absolute atomic E-state index is 0.0197. The number of rotatable bonds is 5. The van der Waals surface area contributed by atoms with Gasteiger partial charge in [0.05, 0.1) is 5.60 Å². The number of nitrogens with two attached hydrogens (primary N) is 1. The molecule has 1 saturated heterocycles. The largest absolute Gasteiger partial charge is 0.389 e. The molecule has 0 atom stereocenters. The van der Waals surface area contributed by atoms with Crippen molar-refractivity contribution in [3.05, 3.63) is 29.6 Å². The minimum atomic E-state index is -0.646. The van der Waals surface area contributed by atoms with Crippen LogP contribution in [-0.2, 0) is 6.54 Å². The van der Waals surface area contributed by atoms with E-state index in [1.807, 2.05) is 26.0 Å². The van der Waals surface area contributed by atoms with Crippen molar-refractivity contribution >= 4 is 5.84 Å². The van der Waals surface area contributed by atoms with E-state index in [2.05, 4.69) is 14.8 Å². The van der Waals surface area contributed by atoms with Crippen molar-refractivity contribution in [2.45, 2.75) is 26.0 Å². The molecule has 2 rings (SSSR count). The Morgan fingerprint density at radius 3 is 2.52 bits per heavy atom. The second kappa shape index (κ2) is 6.51. The molecule has 1 aromatic rings. The Morgan fingerprint density at radius 1 is 1.33 bits per heavy atom. The smallest absolute Gasteiger partial charge is 0.142 e. The van der Waals surface area contributed by atoms with Crippen molar-refractivity contribution in [2.24, 2.45) is 5.73 Å². The van der Waals surface area contributed by atoms with Crippen molar-refractivity contribution in [3.8, 4) is 0 Å². The Labute approximate surface area is 126 Å². The van der Waals surface area contributed by atoms with E-state index < -0.39 is 5.60 Å². The minimum Gasteiger partial charge on any atom is -0.389 e. The summed E-state index contributed by atoms with van der Waals surface area (Å²) in [6.07, 6.45) is 1.67. The van der Waals surface area contributed by atoms with Crippen LogP contribution in [0, 0.1) is 5.41 Å². The Morgan fingerprint density at radius 2 is 1.95 bits per heavy atom. The fourth-order valence-electron chi connectivity index (χ4n) is 2.70. The van der Waals surface area contributed by atoms with Gasteiger partial charge in [-0.15, -0.1) is 0 Å². The molecule has 21 heavy (non-hydrogen) atoms. The summed E-state index contributed by atoms with van der Waals surface area (Å²) in [5, 5.41) is 17.5. The topological polar surface area (TPSA) is 89.5 Å². The molecule has 0 saturated carbocycles. The maximum absolute atomic E-state index is 9.87. The van der Waals surface area contributed by atoms with E-state index in [1.54, 1.807) is 6.20 Å². The number of nitrogen functional groups attached to an aromatic ring is 1. The fraction of sp³-hybridized carbons (Fsp3) is 0.600. The van der Waals surface area contributed by atoms with Gasteiger partial charge in [-0.25, -0.2) is 0 Å². The van der Waals surface area contributed by atoms with Crippen molar-refractivity contribution in [1.82, 2.24) is 14.8 Å². The molecule has 6 heteroatoms. The molecule has 6 nitrogen and oxygen atoms in total. The molecule has 0 aromatic carbocycles. The number of nitrogens with zero attached hydrogens (tertiary/aromatic N) is 3. The Bertz CT molecular complexity index is 489. The lowest BCUT2D eigenvalue weighted by Gasteiger charge is -2.37. The first kappa shape index (κ1) is 15.9. The lowest BCUT2D eigenvalue weighted by molar-refractivity contribution is 0.0166. The molecule has 0 bridgehead atoms. The molecule has 116 valence electrons.